The van der Waals surface area contributed by atoms with E-state index in [0.717, 1.165) is 35.6 Å². The van der Waals surface area contributed by atoms with E-state index in [1.165, 1.54) is 11.8 Å². The van der Waals surface area contributed by atoms with E-state index in [1.54, 1.807) is 17.9 Å². The topological polar surface area (TPSA) is 73.3 Å². The molecule has 0 spiro atoms. The molecule has 2 heterocycles. The second kappa shape index (κ2) is 11.7. The molecule has 0 atom stereocenters. The van der Waals surface area contributed by atoms with Crippen molar-refractivity contribution in [2.24, 2.45) is 4.99 Å². The number of carbonyl (C=O) groups excluding carboxylic acids is 3. The standard InChI is InChI=1S/C31H30N4O3S/c1-22-7-6-8-24(19-22)20-28-30(38)35(27-9-4-3-5-10-27)31(32-28)39-21-29(37)34-17-15-33(16-18-34)26-13-11-25(12-14-26)23(2)36/h3-14,19-20H,15-18,21H2,1-2H3/b28-20+. The Hall–Kier alpha value is -4.17. The van der Waals surface area contributed by atoms with Crippen molar-refractivity contribution in [1.82, 2.24) is 4.90 Å². The summed E-state index contributed by atoms with van der Waals surface area (Å²) >= 11 is 1.29. The molecule has 0 bridgehead atoms. The monoisotopic (exact) mass is 538 g/mol. The van der Waals surface area contributed by atoms with Gasteiger partial charge in [0.25, 0.3) is 5.91 Å². The maximum absolute atomic E-state index is 13.4. The van der Waals surface area contributed by atoms with E-state index in [2.05, 4.69) is 9.89 Å². The minimum absolute atomic E-state index is 0.0193. The minimum atomic E-state index is -0.206. The van der Waals surface area contributed by atoms with Gasteiger partial charge in [-0.15, -0.1) is 0 Å². The SMILES string of the molecule is CC(=O)c1ccc(N2CCN(C(=O)CSC3=N/C(=C/c4cccc(C)c4)C(=O)N3c3ccccc3)CC2)cc1. The number of hydrogen-bond acceptors (Lipinski definition) is 6. The molecule has 3 aromatic carbocycles. The molecule has 3 aromatic rings. The van der Waals surface area contributed by atoms with Crippen LogP contribution in [0.1, 0.15) is 28.4 Å². The summed E-state index contributed by atoms with van der Waals surface area (Å²) in [5.74, 6) is 0.0556. The van der Waals surface area contributed by atoms with Crippen molar-refractivity contribution in [3.63, 3.8) is 0 Å². The van der Waals surface area contributed by atoms with Crippen LogP contribution >= 0.6 is 11.8 Å². The first-order chi connectivity index (χ1) is 18.9. The van der Waals surface area contributed by atoms with Crippen molar-refractivity contribution in [2.75, 3.05) is 41.7 Å². The van der Waals surface area contributed by atoms with Crippen LogP contribution in [0.3, 0.4) is 0 Å². The highest BCUT2D eigenvalue weighted by Crippen LogP contribution is 2.29. The second-order valence-corrected chi connectivity index (χ2v) is 10.5. The molecule has 5 rings (SSSR count). The zero-order chi connectivity index (χ0) is 27.4. The zero-order valence-corrected chi connectivity index (χ0v) is 22.9. The Morgan fingerprint density at radius 1 is 0.897 bits per heavy atom. The third-order valence-electron chi connectivity index (χ3n) is 6.79. The molecule has 39 heavy (non-hydrogen) atoms. The fourth-order valence-corrected chi connectivity index (χ4v) is 5.57. The van der Waals surface area contributed by atoms with Crippen LogP contribution in [0.15, 0.2) is 89.6 Å². The average Bonchev–Trinajstić information content (AvgIpc) is 3.26. The van der Waals surface area contributed by atoms with Gasteiger partial charge in [0.15, 0.2) is 11.0 Å². The van der Waals surface area contributed by atoms with Crippen LogP contribution < -0.4 is 9.80 Å². The van der Waals surface area contributed by atoms with E-state index in [-0.39, 0.29) is 23.4 Å². The van der Waals surface area contributed by atoms with Crippen molar-refractivity contribution in [1.29, 1.82) is 0 Å². The van der Waals surface area contributed by atoms with Crippen molar-refractivity contribution in [3.8, 4) is 0 Å². The predicted octanol–water partition coefficient (Wildman–Crippen LogP) is 5.02. The number of thioether (sulfide) groups is 1. The van der Waals surface area contributed by atoms with Crippen LogP contribution in [0, 0.1) is 6.92 Å². The Morgan fingerprint density at radius 3 is 2.28 bits per heavy atom. The summed E-state index contributed by atoms with van der Waals surface area (Å²) in [6.07, 6.45) is 1.79. The Labute approximate surface area is 232 Å². The smallest absolute Gasteiger partial charge is 0.283 e. The highest BCUT2D eigenvalue weighted by molar-refractivity contribution is 8.14. The molecule has 1 saturated heterocycles. The third-order valence-corrected chi connectivity index (χ3v) is 7.71. The summed E-state index contributed by atoms with van der Waals surface area (Å²) in [6, 6.07) is 24.9. The lowest BCUT2D eigenvalue weighted by atomic mass is 10.1. The quantitative estimate of drug-likeness (QED) is 0.325. The predicted molar refractivity (Wildman–Crippen MR) is 158 cm³/mol. The Balaban J connectivity index is 1.25. The molecular formula is C31H30N4O3S. The number of nitrogens with zero attached hydrogens (tertiary/aromatic N) is 4. The average molecular weight is 539 g/mol. The number of rotatable bonds is 6. The van der Waals surface area contributed by atoms with Gasteiger partial charge in [0, 0.05) is 37.4 Å². The van der Waals surface area contributed by atoms with Crippen molar-refractivity contribution in [3.05, 3.63) is 101 Å². The molecule has 198 valence electrons. The van der Waals surface area contributed by atoms with E-state index in [1.807, 2.05) is 90.7 Å². The molecule has 0 aromatic heterocycles. The summed E-state index contributed by atoms with van der Waals surface area (Å²) < 4.78 is 0. The van der Waals surface area contributed by atoms with E-state index in [4.69, 9.17) is 0 Å². The first kappa shape index (κ1) is 26.4. The normalized spacial score (nSPS) is 16.6. The zero-order valence-electron chi connectivity index (χ0n) is 22.0. The van der Waals surface area contributed by atoms with Crippen molar-refractivity contribution < 1.29 is 14.4 Å². The molecule has 0 saturated carbocycles. The van der Waals surface area contributed by atoms with Gasteiger partial charge >= 0.3 is 0 Å². The van der Waals surface area contributed by atoms with Crippen LogP contribution in [-0.2, 0) is 9.59 Å². The number of aryl methyl sites for hydroxylation is 1. The van der Waals surface area contributed by atoms with Gasteiger partial charge < -0.3 is 9.80 Å². The van der Waals surface area contributed by atoms with Gasteiger partial charge in [-0.3, -0.25) is 19.3 Å². The number of amidine groups is 1. The van der Waals surface area contributed by atoms with Gasteiger partial charge in [0.1, 0.15) is 5.70 Å². The Bertz CT molecular complexity index is 1440. The lowest BCUT2D eigenvalue weighted by Crippen LogP contribution is -2.49. The first-order valence-corrected chi connectivity index (χ1v) is 13.9. The molecule has 2 amide bonds. The Kier molecular flexibility index (Phi) is 7.93. The molecule has 1 fully saturated rings. The number of anilines is 2. The summed E-state index contributed by atoms with van der Waals surface area (Å²) in [5.41, 5.74) is 4.83. The van der Waals surface area contributed by atoms with Crippen LogP contribution in [0.4, 0.5) is 11.4 Å². The molecule has 0 unspecified atom stereocenters. The maximum atomic E-state index is 13.4. The lowest BCUT2D eigenvalue weighted by molar-refractivity contribution is -0.128. The number of piperazine rings is 1. The number of para-hydroxylation sites is 1. The largest absolute Gasteiger partial charge is 0.368 e. The van der Waals surface area contributed by atoms with Crippen molar-refractivity contribution in [2.45, 2.75) is 13.8 Å². The molecule has 8 heteroatoms. The minimum Gasteiger partial charge on any atom is -0.368 e. The highest BCUT2D eigenvalue weighted by Gasteiger charge is 2.33. The lowest BCUT2D eigenvalue weighted by Gasteiger charge is -2.36. The summed E-state index contributed by atoms with van der Waals surface area (Å²) in [5, 5.41) is 0.502. The van der Waals surface area contributed by atoms with Gasteiger partial charge in [-0.05, 0) is 61.9 Å². The third kappa shape index (κ3) is 6.12. The first-order valence-electron chi connectivity index (χ1n) is 12.9. The summed E-state index contributed by atoms with van der Waals surface area (Å²) in [4.78, 5) is 48.4. The number of carbonyl (C=O) groups is 3. The molecule has 0 aliphatic carbocycles. The maximum Gasteiger partial charge on any atom is 0.283 e. The Morgan fingerprint density at radius 2 is 1.62 bits per heavy atom. The van der Waals surface area contributed by atoms with E-state index in [0.29, 0.717) is 29.5 Å². The number of amides is 2. The number of Topliss-reactive ketones (excluding diaryl/α,β-unsaturated/α-hetero) is 1. The van der Waals surface area contributed by atoms with Crippen LogP contribution in [0.2, 0.25) is 0 Å². The van der Waals surface area contributed by atoms with E-state index in [9.17, 15) is 14.4 Å². The van der Waals surface area contributed by atoms with Crippen LogP contribution in [-0.4, -0.2) is 59.6 Å². The molecule has 0 radical (unpaired) electrons. The fourth-order valence-electron chi connectivity index (χ4n) is 4.65. The summed E-state index contributed by atoms with van der Waals surface area (Å²) in [7, 11) is 0. The van der Waals surface area contributed by atoms with Crippen LogP contribution in [0.5, 0.6) is 0 Å². The number of ketones is 1. The van der Waals surface area contributed by atoms with E-state index < -0.39 is 0 Å². The van der Waals surface area contributed by atoms with Crippen molar-refractivity contribution >= 4 is 52.0 Å². The molecule has 7 nitrogen and oxygen atoms in total. The molecule has 0 N–H and O–H groups in total. The second-order valence-electron chi connectivity index (χ2n) is 9.57. The number of benzene rings is 3. The highest BCUT2D eigenvalue weighted by atomic mass is 32.2. The van der Waals surface area contributed by atoms with Gasteiger partial charge in [-0.1, -0.05) is 59.8 Å². The molecular weight excluding hydrogens is 508 g/mol. The summed E-state index contributed by atoms with van der Waals surface area (Å²) in [6.45, 7) is 6.23. The fraction of sp³-hybridized carbons (Fsp3) is 0.226. The number of hydrogen-bond donors (Lipinski definition) is 0. The molecule has 2 aliphatic heterocycles. The van der Waals surface area contributed by atoms with Crippen LogP contribution in [0.25, 0.3) is 6.08 Å². The van der Waals surface area contributed by atoms with Gasteiger partial charge in [0.2, 0.25) is 5.91 Å². The van der Waals surface area contributed by atoms with Gasteiger partial charge in [-0.25, -0.2) is 4.99 Å². The van der Waals surface area contributed by atoms with Gasteiger partial charge in [0.05, 0.1) is 11.4 Å². The van der Waals surface area contributed by atoms with E-state index >= 15 is 0 Å². The molecule has 2 aliphatic rings. The van der Waals surface area contributed by atoms with Gasteiger partial charge in [-0.2, -0.15) is 0 Å². The number of aliphatic imine (C=N–C) groups is 1.